The predicted octanol–water partition coefficient (Wildman–Crippen LogP) is 2.07. The quantitative estimate of drug-likeness (QED) is 0.441. The van der Waals surface area contributed by atoms with Gasteiger partial charge in [0.2, 0.25) is 11.8 Å². The second-order valence-electron chi connectivity index (χ2n) is 5.36. The molecule has 0 spiro atoms. The third-order valence-corrected chi connectivity index (χ3v) is 4.67. The maximum Gasteiger partial charge on any atom is 0.270 e. The van der Waals surface area contributed by atoms with Crippen molar-refractivity contribution in [1.82, 2.24) is 4.72 Å². The van der Waals surface area contributed by atoms with Gasteiger partial charge in [-0.15, -0.1) is 0 Å². The van der Waals surface area contributed by atoms with E-state index in [0.717, 1.165) is 6.92 Å². The molecule has 140 valence electrons. The van der Waals surface area contributed by atoms with Crippen LogP contribution in [0.3, 0.4) is 0 Å². The Morgan fingerprint density at radius 2 is 1.78 bits per heavy atom. The molecule has 2 aromatic carbocycles. The van der Waals surface area contributed by atoms with Gasteiger partial charge in [-0.2, -0.15) is 0 Å². The topological polar surface area (TPSA) is 135 Å². The Bertz CT molecular complexity index is 1010. The van der Waals surface area contributed by atoms with Crippen molar-refractivity contribution in [3.8, 4) is 0 Å². The zero-order chi connectivity index (χ0) is 20.0. The summed E-state index contributed by atoms with van der Waals surface area (Å²) < 4.78 is 25.5. The molecule has 0 saturated carbocycles. The molecule has 0 bridgehead atoms. The van der Waals surface area contributed by atoms with E-state index in [4.69, 9.17) is 0 Å². The minimum atomic E-state index is -3.94. The second kappa shape index (κ2) is 8.23. The summed E-state index contributed by atoms with van der Waals surface area (Å²) >= 11 is 0. The van der Waals surface area contributed by atoms with Gasteiger partial charge in [0.15, 0.2) is 0 Å². The summed E-state index contributed by atoms with van der Waals surface area (Å²) in [5, 5.41) is 13.3. The number of hydrogen-bond donors (Lipinski definition) is 2. The summed E-state index contributed by atoms with van der Waals surface area (Å²) in [5.41, 5.74) is 0.732. The molecule has 10 heteroatoms. The minimum Gasteiger partial charge on any atom is -0.323 e. The lowest BCUT2D eigenvalue weighted by Crippen LogP contribution is -2.28. The lowest BCUT2D eigenvalue weighted by atomic mass is 10.2. The Labute approximate surface area is 154 Å². The summed E-state index contributed by atoms with van der Waals surface area (Å²) in [7, 11) is -3.94. The summed E-state index contributed by atoms with van der Waals surface area (Å²) in [4.78, 5) is 32.9. The van der Waals surface area contributed by atoms with Crippen LogP contribution in [0.25, 0.3) is 6.08 Å². The van der Waals surface area contributed by atoms with Crippen molar-refractivity contribution in [2.75, 3.05) is 5.32 Å². The number of nitrogens with one attached hydrogen (secondary N) is 2. The number of nitrogens with zero attached hydrogens (tertiary/aromatic N) is 1. The zero-order valence-electron chi connectivity index (χ0n) is 14.1. The van der Waals surface area contributed by atoms with Crippen molar-refractivity contribution in [2.24, 2.45) is 0 Å². The summed E-state index contributed by atoms with van der Waals surface area (Å²) in [6.45, 7) is 1.08. The standard InChI is InChI=1S/C17H15N3O6S/c1-12(21)19-27(25,26)16-8-6-14(7-9-16)18-17(22)10-5-13-3-2-4-15(11-13)20(23)24/h2-11H,1H3,(H,18,22)(H,19,21)/b10-5+. The van der Waals surface area contributed by atoms with Gasteiger partial charge in [0, 0.05) is 30.8 Å². The van der Waals surface area contributed by atoms with Crippen molar-refractivity contribution in [3.63, 3.8) is 0 Å². The van der Waals surface area contributed by atoms with E-state index in [1.54, 1.807) is 6.07 Å². The van der Waals surface area contributed by atoms with E-state index in [9.17, 15) is 28.1 Å². The average molecular weight is 389 g/mol. The Morgan fingerprint density at radius 3 is 2.37 bits per heavy atom. The first-order chi connectivity index (χ1) is 12.7. The van der Waals surface area contributed by atoms with Crippen LogP contribution in [0.15, 0.2) is 59.5 Å². The molecule has 2 aromatic rings. The number of carbonyl (C=O) groups is 2. The highest BCUT2D eigenvalue weighted by molar-refractivity contribution is 7.90. The van der Waals surface area contributed by atoms with E-state index in [0.29, 0.717) is 11.3 Å². The van der Waals surface area contributed by atoms with Gasteiger partial charge in [0.25, 0.3) is 15.7 Å². The number of hydrogen-bond acceptors (Lipinski definition) is 6. The molecular weight excluding hydrogens is 374 g/mol. The Kier molecular flexibility index (Phi) is 6.03. The number of anilines is 1. The van der Waals surface area contributed by atoms with Crippen LogP contribution in [0.5, 0.6) is 0 Å². The molecule has 0 radical (unpaired) electrons. The van der Waals surface area contributed by atoms with Crippen molar-refractivity contribution >= 4 is 39.3 Å². The SMILES string of the molecule is CC(=O)NS(=O)(=O)c1ccc(NC(=O)/C=C/c2cccc([N+](=O)[O-])c2)cc1. The van der Waals surface area contributed by atoms with Gasteiger partial charge in [-0.05, 0) is 35.9 Å². The number of carbonyl (C=O) groups excluding carboxylic acids is 2. The third-order valence-electron chi connectivity index (χ3n) is 3.22. The molecule has 2 amide bonds. The van der Waals surface area contributed by atoms with Crippen LogP contribution in [0, 0.1) is 10.1 Å². The number of non-ortho nitro benzene ring substituents is 1. The molecule has 0 heterocycles. The monoisotopic (exact) mass is 389 g/mol. The van der Waals surface area contributed by atoms with Gasteiger partial charge >= 0.3 is 0 Å². The second-order valence-corrected chi connectivity index (χ2v) is 7.04. The Balaban J connectivity index is 2.05. The van der Waals surface area contributed by atoms with Crippen LogP contribution in [0.1, 0.15) is 12.5 Å². The summed E-state index contributed by atoms with van der Waals surface area (Å²) in [5.74, 6) is -1.21. The van der Waals surface area contributed by atoms with Gasteiger partial charge < -0.3 is 5.32 Å². The average Bonchev–Trinajstić information content (AvgIpc) is 2.59. The molecule has 2 rings (SSSR count). The Morgan fingerprint density at radius 1 is 1.11 bits per heavy atom. The highest BCUT2D eigenvalue weighted by atomic mass is 32.2. The summed E-state index contributed by atoms with van der Waals surface area (Å²) in [6, 6.07) is 11.0. The highest BCUT2D eigenvalue weighted by Gasteiger charge is 2.15. The first kappa shape index (κ1) is 19.8. The molecule has 0 aliphatic heterocycles. The van der Waals surface area contributed by atoms with E-state index in [1.807, 2.05) is 4.72 Å². The zero-order valence-corrected chi connectivity index (χ0v) is 14.9. The van der Waals surface area contributed by atoms with Gasteiger partial charge in [-0.1, -0.05) is 12.1 Å². The first-order valence-corrected chi connectivity index (χ1v) is 9.03. The molecule has 0 unspecified atom stereocenters. The smallest absolute Gasteiger partial charge is 0.270 e. The number of amides is 2. The normalized spacial score (nSPS) is 11.1. The number of rotatable bonds is 6. The molecule has 27 heavy (non-hydrogen) atoms. The van der Waals surface area contributed by atoms with Gasteiger partial charge in [0.05, 0.1) is 9.82 Å². The van der Waals surface area contributed by atoms with Crippen LogP contribution >= 0.6 is 0 Å². The predicted molar refractivity (Wildman–Crippen MR) is 98.2 cm³/mol. The molecule has 0 atom stereocenters. The van der Waals surface area contributed by atoms with E-state index in [-0.39, 0.29) is 10.6 Å². The van der Waals surface area contributed by atoms with E-state index in [2.05, 4.69) is 5.32 Å². The minimum absolute atomic E-state index is 0.0893. The van der Waals surface area contributed by atoms with Crippen LogP contribution < -0.4 is 10.0 Å². The van der Waals surface area contributed by atoms with Crippen LogP contribution in [0.2, 0.25) is 0 Å². The van der Waals surface area contributed by atoms with E-state index >= 15 is 0 Å². The van der Waals surface area contributed by atoms with E-state index in [1.165, 1.54) is 54.6 Å². The van der Waals surface area contributed by atoms with Crippen LogP contribution in [0.4, 0.5) is 11.4 Å². The fourth-order valence-corrected chi connectivity index (χ4v) is 3.05. The molecule has 0 aromatic heterocycles. The fraction of sp³-hybridized carbons (Fsp3) is 0.0588. The lowest BCUT2D eigenvalue weighted by Gasteiger charge is -2.06. The largest absolute Gasteiger partial charge is 0.323 e. The first-order valence-electron chi connectivity index (χ1n) is 7.54. The molecule has 0 aliphatic carbocycles. The van der Waals surface area contributed by atoms with Crippen molar-refractivity contribution in [2.45, 2.75) is 11.8 Å². The van der Waals surface area contributed by atoms with Gasteiger partial charge in [-0.3, -0.25) is 19.7 Å². The Hall–Kier alpha value is -3.53. The molecule has 0 saturated heterocycles. The molecule has 2 N–H and O–H groups in total. The van der Waals surface area contributed by atoms with Crippen molar-refractivity contribution in [3.05, 3.63) is 70.3 Å². The van der Waals surface area contributed by atoms with Gasteiger partial charge in [-0.25, -0.2) is 13.1 Å². The number of sulfonamides is 1. The fourth-order valence-electron chi connectivity index (χ4n) is 2.06. The van der Waals surface area contributed by atoms with Gasteiger partial charge in [0.1, 0.15) is 0 Å². The van der Waals surface area contributed by atoms with E-state index < -0.39 is 26.8 Å². The molecular formula is C17H15N3O6S. The molecule has 0 aliphatic rings. The van der Waals surface area contributed by atoms with Crippen LogP contribution in [-0.4, -0.2) is 25.2 Å². The maximum absolute atomic E-state index is 11.9. The summed E-state index contributed by atoms with van der Waals surface area (Å²) in [6.07, 6.45) is 2.61. The number of nitro groups is 1. The third kappa shape index (κ3) is 5.75. The molecule has 0 fully saturated rings. The number of nitro benzene ring substituents is 1. The number of benzene rings is 2. The maximum atomic E-state index is 11.9. The van der Waals surface area contributed by atoms with Crippen LogP contribution in [-0.2, 0) is 19.6 Å². The molecule has 9 nitrogen and oxygen atoms in total. The lowest BCUT2D eigenvalue weighted by molar-refractivity contribution is -0.384. The highest BCUT2D eigenvalue weighted by Crippen LogP contribution is 2.16. The van der Waals surface area contributed by atoms with Crippen molar-refractivity contribution < 1.29 is 22.9 Å². The van der Waals surface area contributed by atoms with Crippen molar-refractivity contribution in [1.29, 1.82) is 0 Å².